The number of halogens is 1. The number of methoxy groups -OCH3 is 1. The van der Waals surface area contributed by atoms with E-state index in [-0.39, 0.29) is 12.7 Å². The first kappa shape index (κ1) is 13.8. The summed E-state index contributed by atoms with van der Waals surface area (Å²) >= 11 is 3.56. The molecule has 0 bridgehead atoms. The van der Waals surface area contributed by atoms with Gasteiger partial charge in [0.2, 0.25) is 0 Å². The van der Waals surface area contributed by atoms with Crippen LogP contribution < -0.4 is 4.74 Å². The van der Waals surface area contributed by atoms with E-state index in [1.165, 1.54) is 5.56 Å². The standard InChI is InChI=1S/C13H18BrNO3/c1-17-11-2-3-13(14)10(6-11)7-15-4-5-18-12(8-15)9-16/h2-3,6,12,16H,4-5,7-9H2,1H3. The number of hydrogen-bond donors (Lipinski definition) is 1. The van der Waals surface area contributed by atoms with Gasteiger partial charge in [-0.3, -0.25) is 4.90 Å². The topological polar surface area (TPSA) is 41.9 Å². The third kappa shape index (κ3) is 3.45. The molecule has 1 aromatic rings. The second kappa shape index (κ2) is 6.52. The Morgan fingerprint density at radius 3 is 3.11 bits per heavy atom. The van der Waals surface area contributed by atoms with Crippen LogP contribution in [0.5, 0.6) is 5.75 Å². The Bertz CT molecular complexity index is 400. The number of nitrogens with zero attached hydrogens (tertiary/aromatic N) is 1. The molecule has 0 aliphatic carbocycles. The molecule has 5 heteroatoms. The lowest BCUT2D eigenvalue weighted by molar-refractivity contribution is -0.0551. The Balaban J connectivity index is 2.04. The van der Waals surface area contributed by atoms with Gasteiger partial charge in [-0.15, -0.1) is 0 Å². The van der Waals surface area contributed by atoms with E-state index in [1.54, 1.807) is 7.11 Å². The lowest BCUT2D eigenvalue weighted by atomic mass is 10.2. The average molecular weight is 316 g/mol. The van der Waals surface area contributed by atoms with Crippen LogP contribution in [-0.4, -0.2) is 49.5 Å². The van der Waals surface area contributed by atoms with Crippen LogP contribution in [0.25, 0.3) is 0 Å². The van der Waals surface area contributed by atoms with Crippen LogP contribution in [-0.2, 0) is 11.3 Å². The highest BCUT2D eigenvalue weighted by atomic mass is 79.9. The minimum absolute atomic E-state index is 0.0665. The number of aliphatic hydroxyl groups excluding tert-OH is 1. The molecule has 0 radical (unpaired) electrons. The van der Waals surface area contributed by atoms with Crippen molar-refractivity contribution in [2.75, 3.05) is 33.4 Å². The van der Waals surface area contributed by atoms with Gasteiger partial charge in [0.25, 0.3) is 0 Å². The van der Waals surface area contributed by atoms with Crippen molar-refractivity contribution in [1.29, 1.82) is 0 Å². The van der Waals surface area contributed by atoms with Gasteiger partial charge >= 0.3 is 0 Å². The molecule has 1 N–H and O–H groups in total. The number of ether oxygens (including phenoxy) is 2. The van der Waals surface area contributed by atoms with Gasteiger partial charge in [-0.25, -0.2) is 0 Å². The fraction of sp³-hybridized carbons (Fsp3) is 0.538. The number of morpholine rings is 1. The molecule has 1 saturated heterocycles. The number of aliphatic hydroxyl groups is 1. The van der Waals surface area contributed by atoms with Gasteiger partial charge in [-0.1, -0.05) is 15.9 Å². The summed E-state index contributed by atoms with van der Waals surface area (Å²) in [5, 5.41) is 9.13. The summed E-state index contributed by atoms with van der Waals surface area (Å²) in [6.07, 6.45) is -0.0665. The van der Waals surface area contributed by atoms with E-state index in [0.29, 0.717) is 6.61 Å². The Morgan fingerprint density at radius 2 is 2.39 bits per heavy atom. The van der Waals surface area contributed by atoms with Crippen LogP contribution in [0.4, 0.5) is 0 Å². The third-order valence-electron chi connectivity index (χ3n) is 3.07. The van der Waals surface area contributed by atoms with Crippen molar-refractivity contribution < 1.29 is 14.6 Å². The maximum Gasteiger partial charge on any atom is 0.119 e. The first-order valence-electron chi connectivity index (χ1n) is 6.00. The number of hydrogen-bond acceptors (Lipinski definition) is 4. The fourth-order valence-corrected chi connectivity index (χ4v) is 2.45. The van der Waals surface area contributed by atoms with Gasteiger partial charge in [-0.2, -0.15) is 0 Å². The molecule has 100 valence electrons. The zero-order chi connectivity index (χ0) is 13.0. The lowest BCUT2D eigenvalue weighted by Crippen LogP contribution is -2.43. The molecule has 1 fully saturated rings. The Hall–Kier alpha value is -0.620. The molecule has 18 heavy (non-hydrogen) atoms. The summed E-state index contributed by atoms with van der Waals surface area (Å²) < 4.78 is 11.8. The monoisotopic (exact) mass is 315 g/mol. The highest BCUT2D eigenvalue weighted by Crippen LogP contribution is 2.24. The predicted octanol–water partition coefficient (Wildman–Crippen LogP) is 1.65. The Morgan fingerprint density at radius 1 is 1.56 bits per heavy atom. The highest BCUT2D eigenvalue weighted by molar-refractivity contribution is 9.10. The average Bonchev–Trinajstić information content (AvgIpc) is 2.41. The summed E-state index contributed by atoms with van der Waals surface area (Å²) in [4.78, 5) is 2.28. The van der Waals surface area contributed by atoms with Gasteiger partial charge in [0.1, 0.15) is 5.75 Å². The van der Waals surface area contributed by atoms with Crippen LogP contribution >= 0.6 is 15.9 Å². The molecule has 1 aliphatic rings. The zero-order valence-corrected chi connectivity index (χ0v) is 12.0. The smallest absolute Gasteiger partial charge is 0.119 e. The van der Waals surface area contributed by atoms with Gasteiger partial charge in [0, 0.05) is 24.1 Å². The molecular weight excluding hydrogens is 298 g/mol. The van der Waals surface area contributed by atoms with Crippen molar-refractivity contribution in [2.45, 2.75) is 12.6 Å². The summed E-state index contributed by atoms with van der Waals surface area (Å²) in [7, 11) is 1.67. The van der Waals surface area contributed by atoms with Crippen molar-refractivity contribution in [3.05, 3.63) is 28.2 Å². The third-order valence-corrected chi connectivity index (χ3v) is 3.85. The van der Waals surface area contributed by atoms with Crippen molar-refractivity contribution in [1.82, 2.24) is 4.90 Å². The first-order chi connectivity index (χ1) is 8.72. The van der Waals surface area contributed by atoms with Gasteiger partial charge in [0.15, 0.2) is 0 Å². The van der Waals surface area contributed by atoms with Gasteiger partial charge in [0.05, 0.1) is 26.4 Å². The van der Waals surface area contributed by atoms with Crippen LogP contribution in [0.2, 0.25) is 0 Å². The van der Waals surface area contributed by atoms with E-state index in [2.05, 4.69) is 20.8 Å². The minimum Gasteiger partial charge on any atom is -0.497 e. The summed E-state index contributed by atoms with van der Waals surface area (Å²) in [6.45, 7) is 3.24. The van der Waals surface area contributed by atoms with E-state index in [4.69, 9.17) is 14.6 Å². The quantitative estimate of drug-likeness (QED) is 0.917. The molecule has 1 atom stereocenters. The van der Waals surface area contributed by atoms with Crippen LogP contribution in [0, 0.1) is 0 Å². The highest BCUT2D eigenvalue weighted by Gasteiger charge is 2.20. The molecule has 0 amide bonds. The van der Waals surface area contributed by atoms with E-state index in [1.807, 2.05) is 18.2 Å². The van der Waals surface area contributed by atoms with Gasteiger partial charge in [-0.05, 0) is 23.8 Å². The molecule has 2 rings (SSSR count). The Kier molecular flexibility index (Phi) is 5.00. The molecule has 1 aliphatic heterocycles. The Labute approximate surface area is 116 Å². The van der Waals surface area contributed by atoms with Crippen molar-refractivity contribution in [3.8, 4) is 5.75 Å². The number of benzene rings is 1. The van der Waals surface area contributed by atoms with E-state index >= 15 is 0 Å². The van der Waals surface area contributed by atoms with E-state index in [0.717, 1.165) is 29.9 Å². The first-order valence-corrected chi connectivity index (χ1v) is 6.79. The van der Waals surface area contributed by atoms with E-state index < -0.39 is 0 Å². The van der Waals surface area contributed by atoms with Crippen LogP contribution in [0.3, 0.4) is 0 Å². The maximum atomic E-state index is 9.13. The molecule has 0 spiro atoms. The van der Waals surface area contributed by atoms with Crippen LogP contribution in [0.15, 0.2) is 22.7 Å². The number of rotatable bonds is 4. The second-order valence-electron chi connectivity index (χ2n) is 4.37. The predicted molar refractivity (Wildman–Crippen MR) is 72.8 cm³/mol. The largest absolute Gasteiger partial charge is 0.497 e. The minimum atomic E-state index is -0.0665. The van der Waals surface area contributed by atoms with E-state index in [9.17, 15) is 0 Å². The van der Waals surface area contributed by atoms with Crippen LogP contribution in [0.1, 0.15) is 5.56 Å². The SMILES string of the molecule is COc1ccc(Br)c(CN2CCOC(CO)C2)c1. The molecule has 0 saturated carbocycles. The lowest BCUT2D eigenvalue weighted by Gasteiger charge is -2.32. The zero-order valence-electron chi connectivity index (χ0n) is 10.4. The van der Waals surface area contributed by atoms with Gasteiger partial charge < -0.3 is 14.6 Å². The van der Waals surface area contributed by atoms with Crippen molar-refractivity contribution in [2.24, 2.45) is 0 Å². The maximum absolute atomic E-state index is 9.13. The molecule has 1 unspecified atom stereocenters. The summed E-state index contributed by atoms with van der Waals surface area (Å²) in [5.41, 5.74) is 1.19. The van der Waals surface area contributed by atoms with Crippen molar-refractivity contribution in [3.63, 3.8) is 0 Å². The summed E-state index contributed by atoms with van der Waals surface area (Å²) in [5.74, 6) is 0.861. The fourth-order valence-electron chi connectivity index (χ4n) is 2.07. The normalized spacial score (nSPS) is 20.9. The molecule has 0 aromatic heterocycles. The van der Waals surface area contributed by atoms with Crippen molar-refractivity contribution >= 4 is 15.9 Å². The molecular formula is C13H18BrNO3. The molecule has 1 heterocycles. The molecule has 1 aromatic carbocycles. The molecule has 4 nitrogen and oxygen atoms in total. The second-order valence-corrected chi connectivity index (χ2v) is 5.22. The summed E-state index contributed by atoms with van der Waals surface area (Å²) in [6, 6.07) is 5.97.